The summed E-state index contributed by atoms with van der Waals surface area (Å²) in [5, 5.41) is 5.55. The molecule has 2 heterocycles. The number of para-hydroxylation sites is 1. The number of hydrogen-bond donors (Lipinski definition) is 3. The van der Waals surface area contributed by atoms with Crippen LogP contribution in [0.2, 0.25) is 0 Å². The molecule has 4 rings (SSSR count). The standard InChI is InChI=1S/C28H29F6N5O3/c1-15-4-2-5-16(14-15)21-19-6-3-7-20-22(19)39(13-12-36-20)26(42)24(37-21)38-25(41)18(9-11-28(32,33)34)17(23(35)40)8-10-27(29,30)31/h2-7,14,17-18,24,36H,8-13H2,1H3,(H2,35,40)(H,38,41). The molecule has 2 aromatic carbocycles. The van der Waals surface area contributed by atoms with Crippen LogP contribution in [0.15, 0.2) is 47.5 Å². The molecule has 0 bridgehead atoms. The number of alkyl halides is 6. The smallest absolute Gasteiger partial charge is 0.382 e. The number of hydrogen-bond acceptors (Lipinski definition) is 5. The van der Waals surface area contributed by atoms with Crippen LogP contribution >= 0.6 is 0 Å². The van der Waals surface area contributed by atoms with Crippen LogP contribution in [0.5, 0.6) is 0 Å². The largest absolute Gasteiger partial charge is 0.389 e. The zero-order valence-corrected chi connectivity index (χ0v) is 22.5. The van der Waals surface area contributed by atoms with Crippen LogP contribution in [0.4, 0.5) is 37.7 Å². The van der Waals surface area contributed by atoms with Crippen LogP contribution in [0, 0.1) is 18.8 Å². The highest BCUT2D eigenvalue weighted by Crippen LogP contribution is 2.37. The number of nitrogens with zero attached hydrogens (tertiary/aromatic N) is 2. The molecule has 226 valence electrons. The molecule has 0 aromatic heterocycles. The molecule has 3 atom stereocenters. The molecule has 0 radical (unpaired) electrons. The van der Waals surface area contributed by atoms with Crippen molar-refractivity contribution in [2.45, 2.75) is 51.1 Å². The predicted molar refractivity (Wildman–Crippen MR) is 143 cm³/mol. The summed E-state index contributed by atoms with van der Waals surface area (Å²) in [7, 11) is 0. The van der Waals surface area contributed by atoms with Gasteiger partial charge in [-0.3, -0.25) is 14.4 Å². The molecule has 0 saturated heterocycles. The Morgan fingerprint density at radius 3 is 2.31 bits per heavy atom. The van der Waals surface area contributed by atoms with E-state index in [0.717, 1.165) is 5.56 Å². The fourth-order valence-electron chi connectivity index (χ4n) is 5.26. The van der Waals surface area contributed by atoms with Crippen LogP contribution < -0.4 is 21.3 Å². The molecule has 3 unspecified atom stereocenters. The minimum absolute atomic E-state index is 0.179. The Morgan fingerprint density at radius 1 is 1.05 bits per heavy atom. The molecule has 14 heteroatoms. The third-order valence-corrected chi connectivity index (χ3v) is 7.21. The number of benzene rings is 2. The summed E-state index contributed by atoms with van der Waals surface area (Å²) < 4.78 is 78.3. The van der Waals surface area contributed by atoms with Gasteiger partial charge >= 0.3 is 12.4 Å². The second-order valence-corrected chi connectivity index (χ2v) is 10.3. The average molecular weight is 598 g/mol. The van der Waals surface area contributed by atoms with Crippen LogP contribution in [0.1, 0.15) is 42.4 Å². The number of primary amides is 1. The van der Waals surface area contributed by atoms with E-state index in [1.165, 1.54) is 4.90 Å². The summed E-state index contributed by atoms with van der Waals surface area (Å²) in [4.78, 5) is 45.3. The first-order valence-corrected chi connectivity index (χ1v) is 13.2. The van der Waals surface area contributed by atoms with Gasteiger partial charge in [0.2, 0.25) is 18.0 Å². The fraction of sp³-hybridized carbons (Fsp3) is 0.429. The Hall–Kier alpha value is -4.10. The quantitative estimate of drug-likeness (QED) is 0.371. The summed E-state index contributed by atoms with van der Waals surface area (Å²) in [6, 6.07) is 12.4. The first-order valence-electron chi connectivity index (χ1n) is 13.2. The number of halogens is 6. The monoisotopic (exact) mass is 597 g/mol. The van der Waals surface area contributed by atoms with E-state index in [1.807, 2.05) is 13.0 Å². The number of rotatable bonds is 9. The zero-order chi connectivity index (χ0) is 30.8. The fourth-order valence-corrected chi connectivity index (χ4v) is 5.26. The number of anilines is 2. The molecule has 0 aliphatic carbocycles. The molecule has 42 heavy (non-hydrogen) atoms. The maximum absolute atomic E-state index is 13.8. The molecule has 4 N–H and O–H groups in total. The lowest BCUT2D eigenvalue weighted by Crippen LogP contribution is -2.52. The Morgan fingerprint density at radius 2 is 1.69 bits per heavy atom. The van der Waals surface area contributed by atoms with Gasteiger partial charge in [-0.05, 0) is 31.9 Å². The number of carbonyl (C=O) groups excluding carboxylic acids is 3. The maximum Gasteiger partial charge on any atom is 0.389 e. The minimum Gasteiger partial charge on any atom is -0.382 e. The molecule has 2 aromatic rings. The van der Waals surface area contributed by atoms with Gasteiger partial charge in [-0.1, -0.05) is 35.9 Å². The predicted octanol–water partition coefficient (Wildman–Crippen LogP) is 4.45. The van der Waals surface area contributed by atoms with Crippen molar-refractivity contribution in [1.82, 2.24) is 5.32 Å². The van der Waals surface area contributed by atoms with Gasteiger partial charge in [-0.15, -0.1) is 0 Å². The third kappa shape index (κ3) is 7.21. The molecule has 0 fully saturated rings. The SMILES string of the molecule is Cc1cccc(C2=NC(NC(=O)C(CCC(F)(F)F)C(CCC(F)(F)F)C(N)=O)C(=O)N3CCNc4cccc2c43)c1. The van der Waals surface area contributed by atoms with Crippen molar-refractivity contribution in [2.24, 2.45) is 22.6 Å². The van der Waals surface area contributed by atoms with Gasteiger partial charge in [0.1, 0.15) is 0 Å². The summed E-state index contributed by atoms with van der Waals surface area (Å²) in [5.74, 6) is -7.02. The first-order chi connectivity index (χ1) is 19.6. The number of aryl methyl sites for hydroxylation is 1. The van der Waals surface area contributed by atoms with Crippen LogP contribution in [0.3, 0.4) is 0 Å². The molecular formula is C28H29F6N5O3. The van der Waals surface area contributed by atoms with Crippen LogP contribution in [-0.4, -0.2) is 55.0 Å². The van der Waals surface area contributed by atoms with E-state index in [4.69, 9.17) is 5.73 Å². The topological polar surface area (TPSA) is 117 Å². The van der Waals surface area contributed by atoms with E-state index in [9.17, 15) is 40.7 Å². The molecule has 2 aliphatic heterocycles. The van der Waals surface area contributed by atoms with Crippen molar-refractivity contribution in [3.63, 3.8) is 0 Å². The first kappa shape index (κ1) is 30.8. The van der Waals surface area contributed by atoms with Gasteiger partial charge in [-0.25, -0.2) is 4.99 Å². The molecular weight excluding hydrogens is 568 g/mol. The second-order valence-electron chi connectivity index (χ2n) is 10.3. The van der Waals surface area contributed by atoms with Crippen LogP contribution in [-0.2, 0) is 14.4 Å². The van der Waals surface area contributed by atoms with E-state index in [1.54, 1.807) is 36.4 Å². The summed E-state index contributed by atoms with van der Waals surface area (Å²) in [5.41, 5.74) is 8.75. The van der Waals surface area contributed by atoms with Gasteiger partial charge in [0.15, 0.2) is 0 Å². The summed E-state index contributed by atoms with van der Waals surface area (Å²) in [6.07, 6.45) is -16.2. The highest BCUT2D eigenvalue weighted by Gasteiger charge is 2.42. The van der Waals surface area contributed by atoms with E-state index in [0.29, 0.717) is 34.8 Å². The lowest BCUT2D eigenvalue weighted by Gasteiger charge is -2.32. The minimum atomic E-state index is -4.77. The van der Waals surface area contributed by atoms with Crippen molar-refractivity contribution < 1.29 is 40.7 Å². The van der Waals surface area contributed by atoms with Gasteiger partial charge < -0.3 is 21.3 Å². The van der Waals surface area contributed by atoms with Gasteiger partial charge in [0, 0.05) is 48.9 Å². The summed E-state index contributed by atoms with van der Waals surface area (Å²) in [6.45, 7) is 2.38. The number of nitrogens with two attached hydrogens (primary N) is 1. The van der Waals surface area contributed by atoms with Crippen molar-refractivity contribution in [1.29, 1.82) is 0 Å². The lowest BCUT2D eigenvalue weighted by molar-refractivity contribution is -0.152. The average Bonchev–Trinajstić information content (AvgIpc) is 3.01. The van der Waals surface area contributed by atoms with Gasteiger partial charge in [-0.2, -0.15) is 26.3 Å². The van der Waals surface area contributed by atoms with Gasteiger partial charge in [0.05, 0.1) is 17.1 Å². The second kappa shape index (κ2) is 12.0. The zero-order valence-electron chi connectivity index (χ0n) is 22.5. The van der Waals surface area contributed by atoms with Crippen LogP contribution in [0.25, 0.3) is 0 Å². The number of amides is 3. The molecule has 0 saturated carbocycles. The molecule has 3 amide bonds. The summed E-state index contributed by atoms with van der Waals surface area (Å²) >= 11 is 0. The van der Waals surface area contributed by atoms with Crippen molar-refractivity contribution in [3.05, 3.63) is 59.2 Å². The van der Waals surface area contributed by atoms with E-state index >= 15 is 0 Å². The third-order valence-electron chi connectivity index (χ3n) is 7.21. The Labute approximate surface area is 237 Å². The Balaban J connectivity index is 1.75. The Kier molecular flexibility index (Phi) is 8.83. The Bertz CT molecular complexity index is 1390. The lowest BCUT2D eigenvalue weighted by atomic mass is 9.83. The van der Waals surface area contributed by atoms with Gasteiger partial charge in [0.25, 0.3) is 5.91 Å². The van der Waals surface area contributed by atoms with Crippen molar-refractivity contribution >= 4 is 34.8 Å². The highest BCUT2D eigenvalue weighted by atomic mass is 19.4. The molecule has 2 aliphatic rings. The number of nitrogens with one attached hydrogen (secondary N) is 2. The number of aliphatic imine (C=N–C) groups is 1. The highest BCUT2D eigenvalue weighted by molar-refractivity contribution is 6.22. The van der Waals surface area contributed by atoms with E-state index in [-0.39, 0.29) is 6.54 Å². The van der Waals surface area contributed by atoms with Crippen molar-refractivity contribution in [3.8, 4) is 0 Å². The van der Waals surface area contributed by atoms with E-state index < -0.39 is 73.8 Å². The molecule has 0 spiro atoms. The normalized spacial score (nSPS) is 18.3. The van der Waals surface area contributed by atoms with E-state index in [2.05, 4.69) is 15.6 Å². The van der Waals surface area contributed by atoms with Crippen molar-refractivity contribution in [2.75, 3.05) is 23.3 Å². The molecule has 8 nitrogen and oxygen atoms in total. The number of carbonyl (C=O) groups is 3. The maximum atomic E-state index is 13.8.